The Kier molecular flexibility index (Phi) is 3.80. The maximum absolute atomic E-state index is 11.1. The van der Waals surface area contributed by atoms with Crippen molar-refractivity contribution in [2.24, 2.45) is 0 Å². The Morgan fingerprint density at radius 1 is 1.50 bits per heavy atom. The van der Waals surface area contributed by atoms with Crippen LogP contribution in [0.2, 0.25) is 0 Å². The Morgan fingerprint density at radius 2 is 2.33 bits per heavy atom. The lowest BCUT2D eigenvalue weighted by Crippen LogP contribution is -2.21. The maximum Gasteiger partial charge on any atom is 0.266 e. The average Bonchev–Trinajstić information content (AvgIpc) is 2.09. The summed E-state index contributed by atoms with van der Waals surface area (Å²) in [6.45, 7) is 0.659. The zero-order valence-corrected chi connectivity index (χ0v) is 7.50. The normalized spacial score (nSPS) is 10.1. The highest BCUT2D eigenvalue weighted by molar-refractivity contribution is 6.17. The van der Waals surface area contributed by atoms with Gasteiger partial charge in [0.2, 0.25) is 0 Å². The first kappa shape index (κ1) is 9.26. The second kappa shape index (κ2) is 4.93. The standard InChI is InChI=1S/C8H11ClN2O/c9-5-1-2-7-11-8(12)4-3-6-10-11/h3-4,6H,1-2,5,7H2. The first-order chi connectivity index (χ1) is 5.84. The summed E-state index contributed by atoms with van der Waals surface area (Å²) in [6, 6.07) is 3.15. The zero-order valence-electron chi connectivity index (χ0n) is 6.74. The highest BCUT2D eigenvalue weighted by atomic mass is 35.5. The highest BCUT2D eigenvalue weighted by Gasteiger charge is 1.93. The third-order valence-corrected chi connectivity index (χ3v) is 1.81. The van der Waals surface area contributed by atoms with E-state index in [0.29, 0.717) is 12.4 Å². The largest absolute Gasteiger partial charge is 0.268 e. The molecule has 0 aliphatic carbocycles. The Bertz CT molecular complexity index is 284. The van der Waals surface area contributed by atoms with Crippen LogP contribution in [-0.2, 0) is 6.54 Å². The van der Waals surface area contributed by atoms with Gasteiger partial charge >= 0.3 is 0 Å². The Labute approximate surface area is 76.0 Å². The van der Waals surface area contributed by atoms with E-state index in [1.54, 1.807) is 12.3 Å². The van der Waals surface area contributed by atoms with Crippen molar-refractivity contribution < 1.29 is 0 Å². The number of aromatic nitrogens is 2. The molecule has 0 unspecified atom stereocenters. The summed E-state index contributed by atoms with van der Waals surface area (Å²) in [5, 5.41) is 3.91. The van der Waals surface area contributed by atoms with Crippen molar-refractivity contribution in [1.29, 1.82) is 0 Å². The lowest BCUT2D eigenvalue weighted by atomic mass is 10.3. The topological polar surface area (TPSA) is 34.9 Å². The van der Waals surface area contributed by atoms with Gasteiger partial charge in [0.05, 0.1) is 0 Å². The van der Waals surface area contributed by atoms with Gasteiger partial charge in [0, 0.05) is 24.7 Å². The summed E-state index contributed by atoms with van der Waals surface area (Å²) in [5.74, 6) is 0.640. The lowest BCUT2D eigenvalue weighted by molar-refractivity contribution is 0.544. The van der Waals surface area contributed by atoms with Gasteiger partial charge in [-0.05, 0) is 18.9 Å². The summed E-state index contributed by atoms with van der Waals surface area (Å²) in [5.41, 5.74) is -0.0490. The smallest absolute Gasteiger partial charge is 0.266 e. The van der Waals surface area contributed by atoms with E-state index in [-0.39, 0.29) is 5.56 Å². The van der Waals surface area contributed by atoms with Crippen LogP contribution in [0.3, 0.4) is 0 Å². The molecule has 0 saturated carbocycles. The molecule has 0 aliphatic heterocycles. The number of hydrogen-bond acceptors (Lipinski definition) is 2. The number of rotatable bonds is 4. The molecule has 0 amide bonds. The molecule has 1 heterocycles. The summed E-state index contributed by atoms with van der Waals surface area (Å²) in [4.78, 5) is 11.1. The molecule has 0 aromatic carbocycles. The molecule has 0 bridgehead atoms. The minimum Gasteiger partial charge on any atom is -0.268 e. The van der Waals surface area contributed by atoms with Gasteiger partial charge in [0.25, 0.3) is 5.56 Å². The molecule has 1 aromatic rings. The molecule has 0 saturated heterocycles. The third kappa shape index (κ3) is 2.66. The van der Waals surface area contributed by atoms with Crippen LogP contribution in [0.4, 0.5) is 0 Å². The first-order valence-electron chi connectivity index (χ1n) is 3.92. The second-order valence-electron chi connectivity index (χ2n) is 2.48. The SMILES string of the molecule is O=c1cccnn1CCCCCl. The van der Waals surface area contributed by atoms with Crippen LogP contribution in [0.1, 0.15) is 12.8 Å². The van der Waals surface area contributed by atoms with Crippen molar-refractivity contribution in [3.63, 3.8) is 0 Å². The van der Waals surface area contributed by atoms with Crippen LogP contribution in [0.5, 0.6) is 0 Å². The number of unbranched alkanes of at least 4 members (excludes halogenated alkanes) is 1. The quantitative estimate of drug-likeness (QED) is 0.524. The first-order valence-corrected chi connectivity index (χ1v) is 4.46. The van der Waals surface area contributed by atoms with E-state index in [9.17, 15) is 4.79 Å². The average molecular weight is 187 g/mol. The van der Waals surface area contributed by atoms with Crippen molar-refractivity contribution in [2.45, 2.75) is 19.4 Å². The molecule has 1 aromatic heterocycles. The molecule has 3 nitrogen and oxygen atoms in total. The van der Waals surface area contributed by atoms with Crippen LogP contribution >= 0.6 is 11.6 Å². The van der Waals surface area contributed by atoms with E-state index in [0.717, 1.165) is 12.8 Å². The second-order valence-corrected chi connectivity index (χ2v) is 2.86. The number of alkyl halides is 1. The number of hydrogen-bond donors (Lipinski definition) is 0. The van der Waals surface area contributed by atoms with E-state index in [1.165, 1.54) is 10.7 Å². The fourth-order valence-corrected chi connectivity index (χ4v) is 1.10. The van der Waals surface area contributed by atoms with Gasteiger partial charge in [-0.1, -0.05) is 0 Å². The number of aryl methyl sites for hydroxylation is 1. The van der Waals surface area contributed by atoms with Crippen molar-refractivity contribution in [3.05, 3.63) is 28.7 Å². The summed E-state index contributed by atoms with van der Waals surface area (Å²) in [7, 11) is 0. The summed E-state index contributed by atoms with van der Waals surface area (Å²) >= 11 is 5.50. The van der Waals surface area contributed by atoms with Crippen molar-refractivity contribution in [3.8, 4) is 0 Å². The Hall–Kier alpha value is -0.830. The fourth-order valence-electron chi connectivity index (χ4n) is 0.911. The van der Waals surface area contributed by atoms with E-state index in [1.807, 2.05) is 0 Å². The molecule has 0 aliphatic rings. The van der Waals surface area contributed by atoms with Crippen molar-refractivity contribution in [1.82, 2.24) is 9.78 Å². The molecule has 66 valence electrons. The van der Waals surface area contributed by atoms with E-state index < -0.39 is 0 Å². The predicted octanol–water partition coefficient (Wildman–Crippen LogP) is 1.26. The van der Waals surface area contributed by atoms with E-state index in [4.69, 9.17) is 11.6 Å². The van der Waals surface area contributed by atoms with Gasteiger partial charge in [0.15, 0.2) is 0 Å². The van der Waals surface area contributed by atoms with E-state index in [2.05, 4.69) is 5.10 Å². The Balaban J connectivity index is 2.52. The maximum atomic E-state index is 11.1. The molecule has 0 fully saturated rings. The minimum atomic E-state index is -0.0490. The molecule has 0 N–H and O–H groups in total. The van der Waals surface area contributed by atoms with Crippen LogP contribution in [0.15, 0.2) is 23.1 Å². The molecular formula is C8H11ClN2O. The monoisotopic (exact) mass is 186 g/mol. The van der Waals surface area contributed by atoms with Gasteiger partial charge in [0.1, 0.15) is 0 Å². The van der Waals surface area contributed by atoms with Crippen LogP contribution in [0, 0.1) is 0 Å². The van der Waals surface area contributed by atoms with E-state index >= 15 is 0 Å². The van der Waals surface area contributed by atoms with Crippen LogP contribution < -0.4 is 5.56 Å². The minimum absolute atomic E-state index is 0.0490. The summed E-state index contributed by atoms with van der Waals surface area (Å²) in [6.07, 6.45) is 3.44. The van der Waals surface area contributed by atoms with Gasteiger partial charge in [-0.15, -0.1) is 11.6 Å². The van der Waals surface area contributed by atoms with Gasteiger partial charge in [-0.2, -0.15) is 5.10 Å². The van der Waals surface area contributed by atoms with Crippen molar-refractivity contribution in [2.75, 3.05) is 5.88 Å². The lowest BCUT2D eigenvalue weighted by Gasteiger charge is -2.00. The molecule has 0 atom stereocenters. The van der Waals surface area contributed by atoms with Crippen molar-refractivity contribution >= 4 is 11.6 Å². The third-order valence-electron chi connectivity index (χ3n) is 1.54. The number of nitrogens with zero attached hydrogens (tertiary/aromatic N) is 2. The predicted molar refractivity (Wildman–Crippen MR) is 48.5 cm³/mol. The molecule has 4 heteroatoms. The fraction of sp³-hybridized carbons (Fsp3) is 0.500. The Morgan fingerprint density at radius 3 is 3.00 bits per heavy atom. The molecule has 0 spiro atoms. The summed E-state index contributed by atoms with van der Waals surface area (Å²) < 4.78 is 1.45. The van der Waals surface area contributed by atoms with Crippen LogP contribution in [0.25, 0.3) is 0 Å². The number of halogens is 1. The van der Waals surface area contributed by atoms with Gasteiger partial charge < -0.3 is 0 Å². The molecular weight excluding hydrogens is 176 g/mol. The van der Waals surface area contributed by atoms with Gasteiger partial charge in [-0.25, -0.2) is 4.68 Å². The molecule has 12 heavy (non-hydrogen) atoms. The molecule has 0 radical (unpaired) electrons. The van der Waals surface area contributed by atoms with Crippen LogP contribution in [-0.4, -0.2) is 15.7 Å². The van der Waals surface area contributed by atoms with Gasteiger partial charge in [-0.3, -0.25) is 4.79 Å². The zero-order chi connectivity index (χ0) is 8.81. The highest BCUT2D eigenvalue weighted by Crippen LogP contribution is 1.92. The molecule has 1 rings (SSSR count).